The summed E-state index contributed by atoms with van der Waals surface area (Å²) in [6.45, 7) is 5.51. The molecule has 0 fully saturated rings. The fraction of sp³-hybridized carbons (Fsp3) is 0.312. The normalized spacial score (nSPS) is 11.0. The van der Waals surface area contributed by atoms with E-state index in [-0.39, 0.29) is 18.2 Å². The third kappa shape index (κ3) is 4.66. The van der Waals surface area contributed by atoms with Gasteiger partial charge in [-0.15, -0.1) is 11.3 Å². The third-order valence-corrected chi connectivity index (χ3v) is 3.66. The number of thiazole rings is 1. The molecule has 2 amide bonds. The van der Waals surface area contributed by atoms with Crippen molar-refractivity contribution >= 4 is 34.0 Å². The SMILES string of the molecule is CC(C)(C)C(=O)Nc1nc(CC(=O)Nc2ccccc2)cs1. The minimum absolute atomic E-state index is 0.0952. The second kappa shape index (κ2) is 6.70. The highest BCUT2D eigenvalue weighted by Gasteiger charge is 2.22. The fourth-order valence-electron chi connectivity index (χ4n) is 1.62. The summed E-state index contributed by atoms with van der Waals surface area (Å²) in [5.74, 6) is -0.229. The molecule has 2 rings (SSSR count). The second-order valence-electron chi connectivity index (χ2n) is 5.94. The molecule has 0 saturated heterocycles. The lowest BCUT2D eigenvalue weighted by Crippen LogP contribution is -2.27. The minimum Gasteiger partial charge on any atom is -0.326 e. The van der Waals surface area contributed by atoms with E-state index in [1.165, 1.54) is 11.3 Å². The summed E-state index contributed by atoms with van der Waals surface area (Å²) < 4.78 is 0. The zero-order chi connectivity index (χ0) is 16.2. The summed E-state index contributed by atoms with van der Waals surface area (Å²) >= 11 is 1.32. The number of rotatable bonds is 4. The van der Waals surface area contributed by atoms with Gasteiger partial charge in [0.2, 0.25) is 11.8 Å². The van der Waals surface area contributed by atoms with Gasteiger partial charge in [-0.3, -0.25) is 9.59 Å². The molecule has 0 atom stereocenters. The molecular formula is C16H19N3O2S. The van der Waals surface area contributed by atoms with E-state index in [4.69, 9.17) is 0 Å². The third-order valence-electron chi connectivity index (χ3n) is 2.85. The fourth-order valence-corrected chi connectivity index (χ4v) is 2.33. The Morgan fingerprint density at radius 3 is 2.45 bits per heavy atom. The average molecular weight is 317 g/mol. The number of nitrogens with zero attached hydrogens (tertiary/aromatic N) is 1. The van der Waals surface area contributed by atoms with Crippen LogP contribution in [0.5, 0.6) is 0 Å². The van der Waals surface area contributed by atoms with Gasteiger partial charge in [-0.2, -0.15) is 0 Å². The van der Waals surface area contributed by atoms with Crippen LogP contribution in [0.25, 0.3) is 0 Å². The monoisotopic (exact) mass is 317 g/mol. The van der Waals surface area contributed by atoms with Crippen LogP contribution in [0.4, 0.5) is 10.8 Å². The quantitative estimate of drug-likeness (QED) is 0.909. The van der Waals surface area contributed by atoms with Crippen molar-refractivity contribution in [1.29, 1.82) is 0 Å². The Morgan fingerprint density at radius 2 is 1.82 bits per heavy atom. The van der Waals surface area contributed by atoms with Gasteiger partial charge in [0.1, 0.15) is 0 Å². The average Bonchev–Trinajstić information content (AvgIpc) is 2.85. The minimum atomic E-state index is -0.476. The molecule has 2 N–H and O–H groups in total. The van der Waals surface area contributed by atoms with Gasteiger partial charge in [0, 0.05) is 16.5 Å². The molecule has 0 bridgehead atoms. The topological polar surface area (TPSA) is 71.1 Å². The van der Waals surface area contributed by atoms with E-state index in [2.05, 4.69) is 15.6 Å². The summed E-state index contributed by atoms with van der Waals surface area (Å²) in [7, 11) is 0. The summed E-state index contributed by atoms with van der Waals surface area (Å²) in [4.78, 5) is 28.1. The van der Waals surface area contributed by atoms with Gasteiger partial charge in [-0.05, 0) is 12.1 Å². The number of carbonyl (C=O) groups excluding carboxylic acids is 2. The number of hydrogen-bond acceptors (Lipinski definition) is 4. The van der Waals surface area contributed by atoms with Crippen LogP contribution in [0.1, 0.15) is 26.5 Å². The van der Waals surface area contributed by atoms with Crippen molar-refractivity contribution in [2.45, 2.75) is 27.2 Å². The first-order valence-electron chi connectivity index (χ1n) is 6.95. The number of hydrogen-bond donors (Lipinski definition) is 2. The van der Waals surface area contributed by atoms with Crippen molar-refractivity contribution in [2.24, 2.45) is 5.41 Å². The first kappa shape index (κ1) is 16.2. The number of para-hydroxylation sites is 1. The Balaban J connectivity index is 1.92. The Morgan fingerprint density at radius 1 is 1.14 bits per heavy atom. The molecule has 0 saturated carbocycles. The van der Waals surface area contributed by atoms with E-state index >= 15 is 0 Å². The smallest absolute Gasteiger partial charge is 0.231 e. The van der Waals surface area contributed by atoms with Gasteiger partial charge < -0.3 is 10.6 Å². The Hall–Kier alpha value is -2.21. The first-order valence-corrected chi connectivity index (χ1v) is 7.83. The van der Waals surface area contributed by atoms with Crippen LogP contribution in [0.2, 0.25) is 0 Å². The molecule has 0 unspecified atom stereocenters. The predicted octanol–water partition coefficient (Wildman–Crippen LogP) is 3.31. The van der Waals surface area contributed by atoms with Crippen LogP contribution in [-0.4, -0.2) is 16.8 Å². The van der Waals surface area contributed by atoms with E-state index in [0.717, 1.165) is 5.69 Å². The molecule has 0 spiro atoms. The Bertz CT molecular complexity index is 660. The van der Waals surface area contributed by atoms with Gasteiger partial charge in [-0.25, -0.2) is 4.98 Å². The number of carbonyl (C=O) groups is 2. The highest BCUT2D eigenvalue weighted by molar-refractivity contribution is 7.13. The summed E-state index contributed by atoms with van der Waals surface area (Å²) in [6, 6.07) is 9.26. The predicted molar refractivity (Wildman–Crippen MR) is 89.0 cm³/mol. The maximum atomic E-state index is 11.9. The number of nitrogens with one attached hydrogen (secondary N) is 2. The summed E-state index contributed by atoms with van der Waals surface area (Å²) in [5, 5.41) is 7.86. The molecule has 0 radical (unpaired) electrons. The van der Waals surface area contributed by atoms with E-state index in [1.807, 2.05) is 51.1 Å². The van der Waals surface area contributed by atoms with Crippen molar-refractivity contribution < 1.29 is 9.59 Å². The molecule has 0 aliphatic heterocycles. The van der Waals surface area contributed by atoms with Crippen molar-refractivity contribution in [3.05, 3.63) is 41.4 Å². The number of amides is 2. The molecule has 6 heteroatoms. The van der Waals surface area contributed by atoms with E-state index in [9.17, 15) is 9.59 Å². The van der Waals surface area contributed by atoms with Crippen molar-refractivity contribution in [3.8, 4) is 0 Å². The Kier molecular flexibility index (Phi) is 4.92. The van der Waals surface area contributed by atoms with Gasteiger partial charge in [0.25, 0.3) is 0 Å². The largest absolute Gasteiger partial charge is 0.326 e. The van der Waals surface area contributed by atoms with E-state index in [0.29, 0.717) is 10.8 Å². The molecule has 2 aromatic rings. The molecular weight excluding hydrogens is 298 g/mol. The molecule has 116 valence electrons. The van der Waals surface area contributed by atoms with Crippen molar-refractivity contribution in [1.82, 2.24) is 4.98 Å². The molecule has 1 aromatic heterocycles. The zero-order valence-electron chi connectivity index (χ0n) is 12.8. The van der Waals surface area contributed by atoms with Crippen LogP contribution >= 0.6 is 11.3 Å². The molecule has 0 aliphatic rings. The van der Waals surface area contributed by atoms with Crippen LogP contribution in [-0.2, 0) is 16.0 Å². The van der Waals surface area contributed by atoms with Crippen LogP contribution in [0.15, 0.2) is 35.7 Å². The lowest BCUT2D eigenvalue weighted by molar-refractivity contribution is -0.123. The van der Waals surface area contributed by atoms with E-state index in [1.54, 1.807) is 5.38 Å². The Labute approximate surface area is 133 Å². The molecule has 22 heavy (non-hydrogen) atoms. The maximum Gasteiger partial charge on any atom is 0.231 e. The van der Waals surface area contributed by atoms with Gasteiger partial charge >= 0.3 is 0 Å². The van der Waals surface area contributed by atoms with Crippen molar-refractivity contribution in [3.63, 3.8) is 0 Å². The highest BCUT2D eigenvalue weighted by atomic mass is 32.1. The van der Waals surface area contributed by atoms with Crippen LogP contribution in [0, 0.1) is 5.41 Å². The molecule has 5 nitrogen and oxygen atoms in total. The second-order valence-corrected chi connectivity index (χ2v) is 6.80. The maximum absolute atomic E-state index is 11.9. The number of benzene rings is 1. The number of anilines is 2. The summed E-state index contributed by atoms with van der Waals surface area (Å²) in [6.07, 6.45) is 0.177. The number of aromatic nitrogens is 1. The highest BCUT2D eigenvalue weighted by Crippen LogP contribution is 2.21. The van der Waals surface area contributed by atoms with Gasteiger partial charge in [0.15, 0.2) is 5.13 Å². The van der Waals surface area contributed by atoms with Gasteiger partial charge in [-0.1, -0.05) is 39.0 Å². The van der Waals surface area contributed by atoms with Gasteiger partial charge in [0.05, 0.1) is 12.1 Å². The molecule has 0 aliphatic carbocycles. The lowest BCUT2D eigenvalue weighted by atomic mass is 9.96. The first-order chi connectivity index (χ1) is 10.3. The standard InChI is InChI=1S/C16H19N3O2S/c1-16(2,3)14(21)19-15-18-12(10-22-15)9-13(20)17-11-7-5-4-6-8-11/h4-8,10H,9H2,1-3H3,(H,17,20)(H,18,19,21). The van der Waals surface area contributed by atoms with Crippen molar-refractivity contribution in [2.75, 3.05) is 10.6 Å². The van der Waals surface area contributed by atoms with Crippen LogP contribution in [0.3, 0.4) is 0 Å². The molecule has 1 heterocycles. The van der Waals surface area contributed by atoms with E-state index < -0.39 is 5.41 Å². The lowest BCUT2D eigenvalue weighted by Gasteiger charge is -2.15. The van der Waals surface area contributed by atoms with Crippen LogP contribution < -0.4 is 10.6 Å². The zero-order valence-corrected chi connectivity index (χ0v) is 13.7. The summed E-state index contributed by atoms with van der Waals surface area (Å²) in [5.41, 5.74) is 0.919. The molecule has 1 aromatic carbocycles.